The highest BCUT2D eigenvalue weighted by molar-refractivity contribution is 5.90. The molecule has 0 radical (unpaired) electrons. The lowest BCUT2D eigenvalue weighted by Crippen LogP contribution is -2.07. The maximum absolute atomic E-state index is 10.7. The van der Waals surface area contributed by atoms with Gasteiger partial charge < -0.3 is 0 Å². The maximum atomic E-state index is 10.7. The molecule has 0 rings (SSSR count). The van der Waals surface area contributed by atoms with Crippen LogP contribution in [0.2, 0.25) is 0 Å². The summed E-state index contributed by atoms with van der Waals surface area (Å²) in [5, 5.41) is 10.3. The number of unbranched alkanes of at least 4 members (excludes halogenated alkanes) is 2. The van der Waals surface area contributed by atoms with Gasteiger partial charge in [0, 0.05) is 6.92 Å². The highest BCUT2D eigenvalue weighted by atomic mass is 16.6. The molecule has 0 saturated carbocycles. The van der Waals surface area contributed by atoms with Crippen molar-refractivity contribution >= 4 is 5.78 Å². The third-order valence-corrected chi connectivity index (χ3v) is 1.45. The molecule has 0 bridgehead atoms. The highest BCUT2D eigenvalue weighted by Gasteiger charge is 2.14. The first-order valence-corrected chi connectivity index (χ1v) is 3.95. The lowest BCUT2D eigenvalue weighted by atomic mass is 10.2. The molecule has 0 aromatic rings. The fourth-order valence-corrected chi connectivity index (χ4v) is 0.790. The van der Waals surface area contributed by atoms with E-state index in [1.165, 1.54) is 13.0 Å². The number of carbonyl (C=O) groups excluding carboxylic acids is 1. The van der Waals surface area contributed by atoms with Gasteiger partial charge in [0.05, 0.1) is 4.92 Å². The number of allylic oxidation sites excluding steroid dienone is 2. The molecule has 0 aromatic heterocycles. The van der Waals surface area contributed by atoms with E-state index in [2.05, 4.69) is 0 Å². The van der Waals surface area contributed by atoms with E-state index in [0.717, 1.165) is 12.8 Å². The van der Waals surface area contributed by atoms with Crippen LogP contribution in [0.3, 0.4) is 0 Å². The van der Waals surface area contributed by atoms with Crippen LogP contribution in [0.5, 0.6) is 0 Å². The Morgan fingerprint density at radius 1 is 1.58 bits per heavy atom. The SMILES string of the molecule is CCCC/C=C(\C(C)=O)[N+](=O)[O-]. The lowest BCUT2D eigenvalue weighted by molar-refractivity contribution is -0.418. The minimum atomic E-state index is -0.627. The zero-order valence-corrected chi connectivity index (χ0v) is 7.37. The van der Waals surface area contributed by atoms with Crippen LogP contribution in [0.25, 0.3) is 0 Å². The van der Waals surface area contributed by atoms with Gasteiger partial charge in [-0.1, -0.05) is 13.3 Å². The summed E-state index contributed by atoms with van der Waals surface area (Å²) >= 11 is 0. The van der Waals surface area contributed by atoms with E-state index in [1.807, 2.05) is 6.92 Å². The number of rotatable bonds is 5. The molecule has 12 heavy (non-hydrogen) atoms. The van der Waals surface area contributed by atoms with Crippen molar-refractivity contribution in [3.63, 3.8) is 0 Å². The Bertz CT molecular complexity index is 192. The Hall–Kier alpha value is -1.19. The zero-order valence-electron chi connectivity index (χ0n) is 7.37. The summed E-state index contributed by atoms with van der Waals surface area (Å²) < 4.78 is 0. The number of carbonyl (C=O) groups is 1. The van der Waals surface area contributed by atoms with E-state index in [-0.39, 0.29) is 5.70 Å². The second kappa shape index (κ2) is 5.46. The molecule has 4 nitrogen and oxygen atoms in total. The van der Waals surface area contributed by atoms with Crippen LogP contribution in [-0.2, 0) is 4.79 Å². The fourth-order valence-electron chi connectivity index (χ4n) is 0.790. The topological polar surface area (TPSA) is 60.2 Å². The highest BCUT2D eigenvalue weighted by Crippen LogP contribution is 2.03. The molecular formula is C8H13NO3. The van der Waals surface area contributed by atoms with Crippen LogP contribution in [-0.4, -0.2) is 10.7 Å². The lowest BCUT2D eigenvalue weighted by Gasteiger charge is -1.92. The van der Waals surface area contributed by atoms with Crippen molar-refractivity contribution in [2.75, 3.05) is 0 Å². The predicted octanol–water partition coefficient (Wildman–Crippen LogP) is 1.93. The van der Waals surface area contributed by atoms with Gasteiger partial charge in [-0.2, -0.15) is 0 Å². The van der Waals surface area contributed by atoms with Crippen molar-refractivity contribution in [1.82, 2.24) is 0 Å². The summed E-state index contributed by atoms with van der Waals surface area (Å²) in [4.78, 5) is 20.3. The van der Waals surface area contributed by atoms with Gasteiger partial charge in [0.15, 0.2) is 0 Å². The van der Waals surface area contributed by atoms with Crippen molar-refractivity contribution in [3.05, 3.63) is 21.9 Å². The molecule has 0 N–H and O–H groups in total. The zero-order chi connectivity index (χ0) is 9.56. The number of Topliss-reactive ketones (excluding diaryl/α,β-unsaturated/α-hetero) is 1. The molecule has 0 atom stereocenters. The summed E-state index contributed by atoms with van der Waals surface area (Å²) in [5.41, 5.74) is -0.288. The Labute approximate surface area is 71.4 Å². The van der Waals surface area contributed by atoms with E-state index >= 15 is 0 Å². The first kappa shape index (κ1) is 10.8. The number of nitro groups is 1. The molecule has 0 unspecified atom stereocenters. The largest absolute Gasteiger partial charge is 0.307 e. The number of hydrogen-bond donors (Lipinski definition) is 0. The van der Waals surface area contributed by atoms with Crippen molar-refractivity contribution in [2.45, 2.75) is 33.1 Å². The molecule has 0 aromatic carbocycles. The molecule has 0 saturated heterocycles. The van der Waals surface area contributed by atoms with Crippen LogP contribution in [0.4, 0.5) is 0 Å². The van der Waals surface area contributed by atoms with Gasteiger partial charge in [-0.05, 0) is 18.9 Å². The second-order valence-corrected chi connectivity index (χ2v) is 2.54. The van der Waals surface area contributed by atoms with E-state index < -0.39 is 10.7 Å². The normalized spacial score (nSPS) is 11.3. The van der Waals surface area contributed by atoms with Gasteiger partial charge in [0.1, 0.15) is 0 Å². The van der Waals surface area contributed by atoms with Gasteiger partial charge in [-0.15, -0.1) is 0 Å². The molecule has 4 heteroatoms. The van der Waals surface area contributed by atoms with E-state index in [9.17, 15) is 14.9 Å². The first-order valence-electron chi connectivity index (χ1n) is 3.95. The molecule has 0 amide bonds. The standard InChI is InChI=1S/C8H13NO3/c1-3-4-5-6-8(7(2)10)9(11)12/h6H,3-5H2,1-2H3/b8-6+. The van der Waals surface area contributed by atoms with Crippen LogP contribution in [0.1, 0.15) is 33.1 Å². The third kappa shape index (κ3) is 3.85. The smallest absolute Gasteiger partial charge is 0.288 e. The minimum absolute atomic E-state index is 0.288. The summed E-state index contributed by atoms with van der Waals surface area (Å²) in [7, 11) is 0. The molecular weight excluding hydrogens is 158 g/mol. The molecule has 0 fully saturated rings. The Balaban J connectivity index is 4.20. The minimum Gasteiger partial charge on any atom is -0.288 e. The predicted molar refractivity (Wildman–Crippen MR) is 45.3 cm³/mol. The Morgan fingerprint density at radius 3 is 2.50 bits per heavy atom. The molecule has 0 aliphatic heterocycles. The summed E-state index contributed by atoms with van der Waals surface area (Å²) in [5.74, 6) is -0.476. The molecule has 0 heterocycles. The van der Waals surface area contributed by atoms with Gasteiger partial charge in [0.2, 0.25) is 5.78 Å². The summed E-state index contributed by atoms with van der Waals surface area (Å²) in [6, 6.07) is 0. The molecule has 0 aliphatic carbocycles. The molecule has 68 valence electrons. The van der Waals surface area contributed by atoms with E-state index in [1.54, 1.807) is 0 Å². The van der Waals surface area contributed by atoms with Gasteiger partial charge in [-0.25, -0.2) is 0 Å². The molecule has 0 spiro atoms. The Kier molecular flexibility index (Phi) is 4.92. The van der Waals surface area contributed by atoms with Gasteiger partial charge in [0.25, 0.3) is 0 Å². The number of ketones is 1. The van der Waals surface area contributed by atoms with Crippen molar-refractivity contribution in [3.8, 4) is 0 Å². The van der Waals surface area contributed by atoms with E-state index in [4.69, 9.17) is 0 Å². The van der Waals surface area contributed by atoms with Crippen LogP contribution in [0, 0.1) is 10.1 Å². The fraction of sp³-hybridized carbons (Fsp3) is 0.625. The average molecular weight is 171 g/mol. The van der Waals surface area contributed by atoms with Crippen molar-refractivity contribution < 1.29 is 9.72 Å². The monoisotopic (exact) mass is 171 g/mol. The molecule has 0 aliphatic rings. The van der Waals surface area contributed by atoms with Crippen molar-refractivity contribution in [2.24, 2.45) is 0 Å². The van der Waals surface area contributed by atoms with Crippen molar-refractivity contribution in [1.29, 1.82) is 0 Å². The Morgan fingerprint density at radius 2 is 2.17 bits per heavy atom. The van der Waals surface area contributed by atoms with Gasteiger partial charge in [-0.3, -0.25) is 14.9 Å². The van der Waals surface area contributed by atoms with Crippen LogP contribution in [0.15, 0.2) is 11.8 Å². The average Bonchev–Trinajstić information content (AvgIpc) is 1.96. The van der Waals surface area contributed by atoms with Crippen LogP contribution < -0.4 is 0 Å². The first-order chi connectivity index (χ1) is 5.59. The summed E-state index contributed by atoms with van der Waals surface area (Å²) in [6.07, 6.45) is 3.85. The van der Waals surface area contributed by atoms with Crippen LogP contribution >= 0.6 is 0 Å². The van der Waals surface area contributed by atoms with E-state index in [0.29, 0.717) is 6.42 Å². The van der Waals surface area contributed by atoms with Gasteiger partial charge >= 0.3 is 5.70 Å². The number of hydrogen-bond acceptors (Lipinski definition) is 3. The second-order valence-electron chi connectivity index (χ2n) is 2.54. The number of nitrogens with zero attached hydrogens (tertiary/aromatic N) is 1. The summed E-state index contributed by atoms with van der Waals surface area (Å²) in [6.45, 7) is 3.20. The third-order valence-electron chi connectivity index (χ3n) is 1.45. The quantitative estimate of drug-likeness (QED) is 0.275. The maximum Gasteiger partial charge on any atom is 0.307 e.